The van der Waals surface area contributed by atoms with Gasteiger partial charge in [-0.25, -0.2) is 9.37 Å². The van der Waals surface area contributed by atoms with Gasteiger partial charge in [-0.2, -0.15) is 0 Å². The summed E-state index contributed by atoms with van der Waals surface area (Å²) in [7, 11) is 0. The number of ether oxygens (including phenoxy) is 1. The lowest BCUT2D eigenvalue weighted by Crippen LogP contribution is -2.20. The molecule has 5 nitrogen and oxygen atoms in total. The Morgan fingerprint density at radius 2 is 2.23 bits per heavy atom. The van der Waals surface area contributed by atoms with Crippen LogP contribution in [0.25, 0.3) is 0 Å². The van der Waals surface area contributed by atoms with Gasteiger partial charge in [-0.05, 0) is 31.0 Å². The Labute approximate surface area is 157 Å². The van der Waals surface area contributed by atoms with Crippen molar-refractivity contribution in [3.8, 4) is 0 Å². The summed E-state index contributed by atoms with van der Waals surface area (Å²) < 4.78 is 19.8. The first kappa shape index (κ1) is 18.8. The second-order valence-electron chi connectivity index (χ2n) is 7.44. The van der Waals surface area contributed by atoms with Crippen molar-refractivity contribution < 1.29 is 13.9 Å². The quantitative estimate of drug-likeness (QED) is 0.809. The number of anilines is 2. The molecule has 140 valence electrons. The van der Waals surface area contributed by atoms with Crippen LogP contribution in [0.1, 0.15) is 49.0 Å². The molecular formula is C19H24FN3O2S. The molecule has 0 unspecified atom stereocenters. The highest BCUT2D eigenvalue weighted by molar-refractivity contribution is 7.12. The lowest BCUT2D eigenvalue weighted by Gasteiger charge is -2.17. The van der Waals surface area contributed by atoms with Gasteiger partial charge in [0.15, 0.2) is 0 Å². The van der Waals surface area contributed by atoms with Crippen LogP contribution in [-0.4, -0.2) is 30.1 Å². The number of halogens is 1. The fraction of sp³-hybridized carbons (Fsp3) is 0.474. The Balaban J connectivity index is 1.66. The summed E-state index contributed by atoms with van der Waals surface area (Å²) >= 11 is 1.29. The van der Waals surface area contributed by atoms with E-state index >= 15 is 0 Å². The first-order valence-electron chi connectivity index (χ1n) is 8.75. The van der Waals surface area contributed by atoms with Crippen molar-refractivity contribution in [2.45, 2.75) is 45.1 Å². The zero-order valence-corrected chi connectivity index (χ0v) is 16.1. The molecule has 1 aliphatic heterocycles. The summed E-state index contributed by atoms with van der Waals surface area (Å²) in [5, 5.41) is 5.83. The second-order valence-corrected chi connectivity index (χ2v) is 8.30. The molecule has 7 heteroatoms. The molecule has 0 saturated carbocycles. The molecule has 3 rings (SSSR count). The van der Waals surface area contributed by atoms with E-state index in [-0.39, 0.29) is 17.4 Å². The summed E-state index contributed by atoms with van der Waals surface area (Å²) in [6, 6.07) is 4.65. The van der Waals surface area contributed by atoms with Gasteiger partial charge in [-0.15, -0.1) is 11.3 Å². The predicted octanol–water partition coefficient (Wildman–Crippen LogP) is 4.42. The van der Waals surface area contributed by atoms with Crippen molar-refractivity contribution in [3.05, 3.63) is 40.1 Å². The molecule has 2 N–H and O–H groups in total. The van der Waals surface area contributed by atoms with Gasteiger partial charge in [0.05, 0.1) is 23.0 Å². The van der Waals surface area contributed by atoms with Crippen LogP contribution in [0.2, 0.25) is 0 Å². The fourth-order valence-electron chi connectivity index (χ4n) is 2.89. The third kappa shape index (κ3) is 4.40. The fourth-order valence-corrected chi connectivity index (χ4v) is 3.79. The van der Waals surface area contributed by atoms with Gasteiger partial charge in [-0.1, -0.05) is 20.8 Å². The number of rotatable bonds is 5. The summed E-state index contributed by atoms with van der Waals surface area (Å²) in [4.78, 5) is 17.4. The van der Waals surface area contributed by atoms with Gasteiger partial charge in [0.1, 0.15) is 10.7 Å². The van der Waals surface area contributed by atoms with Gasteiger partial charge < -0.3 is 15.4 Å². The average Bonchev–Trinajstić information content (AvgIpc) is 3.25. The minimum absolute atomic E-state index is 0.135. The normalized spacial score (nSPS) is 17.3. The lowest BCUT2D eigenvalue weighted by molar-refractivity contribution is 0.102. The van der Waals surface area contributed by atoms with Crippen molar-refractivity contribution in [2.24, 2.45) is 0 Å². The Hall–Kier alpha value is -1.99. The van der Waals surface area contributed by atoms with Crippen molar-refractivity contribution in [1.29, 1.82) is 0 Å². The number of thiazole rings is 1. The van der Waals surface area contributed by atoms with Crippen LogP contribution < -0.4 is 10.6 Å². The smallest absolute Gasteiger partial charge is 0.267 e. The number of carbonyl (C=O) groups is 1. The minimum atomic E-state index is -0.402. The number of amides is 1. The van der Waals surface area contributed by atoms with E-state index in [1.807, 2.05) is 20.8 Å². The van der Waals surface area contributed by atoms with Crippen LogP contribution in [0.3, 0.4) is 0 Å². The molecule has 0 bridgehead atoms. The zero-order valence-electron chi connectivity index (χ0n) is 15.3. The largest absolute Gasteiger partial charge is 0.380 e. The van der Waals surface area contributed by atoms with Crippen LogP contribution in [0.4, 0.5) is 15.8 Å². The van der Waals surface area contributed by atoms with E-state index in [1.54, 1.807) is 17.6 Å². The Morgan fingerprint density at radius 3 is 2.88 bits per heavy atom. The monoisotopic (exact) mass is 377 g/mol. The number of aromatic nitrogens is 1. The molecule has 1 fully saturated rings. The van der Waals surface area contributed by atoms with Crippen LogP contribution in [0.5, 0.6) is 0 Å². The summed E-state index contributed by atoms with van der Waals surface area (Å²) in [5.74, 6) is -0.668. The Morgan fingerprint density at radius 1 is 1.42 bits per heavy atom. The van der Waals surface area contributed by atoms with E-state index in [4.69, 9.17) is 4.74 Å². The number of benzene rings is 1. The molecule has 1 amide bonds. The Kier molecular flexibility index (Phi) is 5.58. The molecule has 2 aromatic rings. The Bertz CT molecular complexity index is 779. The molecule has 0 spiro atoms. The SMILES string of the molecule is CC(C)(C)c1ncsc1C(=O)Nc1ccc(NC[C@@H]2CCCO2)c(F)c1. The van der Waals surface area contributed by atoms with Gasteiger partial charge in [0, 0.05) is 24.3 Å². The zero-order chi connectivity index (χ0) is 18.7. The topological polar surface area (TPSA) is 63.2 Å². The first-order chi connectivity index (χ1) is 12.3. The highest BCUT2D eigenvalue weighted by Gasteiger charge is 2.25. The van der Waals surface area contributed by atoms with Gasteiger partial charge in [0.25, 0.3) is 5.91 Å². The first-order valence-corrected chi connectivity index (χ1v) is 9.63. The van der Waals surface area contributed by atoms with Gasteiger partial charge in [-0.3, -0.25) is 4.79 Å². The number of carbonyl (C=O) groups excluding carboxylic acids is 1. The molecule has 1 aliphatic rings. The third-order valence-electron chi connectivity index (χ3n) is 4.26. The molecule has 2 heterocycles. The summed E-state index contributed by atoms with van der Waals surface area (Å²) in [6.07, 6.45) is 2.18. The van der Waals surface area contributed by atoms with Gasteiger partial charge in [0.2, 0.25) is 0 Å². The van der Waals surface area contributed by atoms with Crippen molar-refractivity contribution in [3.63, 3.8) is 0 Å². The molecular weight excluding hydrogens is 353 g/mol. The maximum Gasteiger partial charge on any atom is 0.267 e. The molecule has 0 radical (unpaired) electrons. The molecule has 1 atom stereocenters. The van der Waals surface area contributed by atoms with Crippen molar-refractivity contribution in [1.82, 2.24) is 4.98 Å². The second kappa shape index (κ2) is 7.72. The number of nitrogens with one attached hydrogen (secondary N) is 2. The number of hydrogen-bond acceptors (Lipinski definition) is 5. The molecule has 26 heavy (non-hydrogen) atoms. The van der Waals surface area contributed by atoms with Crippen LogP contribution >= 0.6 is 11.3 Å². The highest BCUT2D eigenvalue weighted by Crippen LogP contribution is 2.28. The van der Waals surface area contributed by atoms with E-state index < -0.39 is 5.82 Å². The molecule has 1 aromatic heterocycles. The van der Waals surface area contributed by atoms with E-state index in [0.717, 1.165) is 25.1 Å². The van der Waals surface area contributed by atoms with Crippen LogP contribution in [0.15, 0.2) is 23.7 Å². The number of hydrogen-bond donors (Lipinski definition) is 2. The molecule has 1 aromatic carbocycles. The summed E-state index contributed by atoms with van der Waals surface area (Å²) in [5.41, 5.74) is 3.01. The lowest BCUT2D eigenvalue weighted by atomic mass is 9.91. The maximum absolute atomic E-state index is 14.3. The van der Waals surface area contributed by atoms with Crippen molar-refractivity contribution >= 4 is 28.6 Å². The standard InChI is InChI=1S/C19H24FN3O2S/c1-19(2,3)17-16(26-11-22-17)18(24)23-12-6-7-15(14(20)9-12)21-10-13-5-4-8-25-13/h6-7,9,11,13,21H,4-5,8,10H2,1-3H3,(H,23,24)/t13-/m0/s1. The van der Waals surface area contributed by atoms with E-state index in [1.165, 1.54) is 17.4 Å². The molecule has 0 aliphatic carbocycles. The maximum atomic E-state index is 14.3. The van der Waals surface area contributed by atoms with Crippen LogP contribution in [-0.2, 0) is 10.2 Å². The van der Waals surface area contributed by atoms with Gasteiger partial charge >= 0.3 is 0 Å². The molecule has 1 saturated heterocycles. The highest BCUT2D eigenvalue weighted by atomic mass is 32.1. The third-order valence-corrected chi connectivity index (χ3v) is 5.08. The van der Waals surface area contributed by atoms with Crippen molar-refractivity contribution in [2.75, 3.05) is 23.8 Å². The minimum Gasteiger partial charge on any atom is -0.380 e. The average molecular weight is 377 g/mol. The number of nitrogens with zero attached hydrogens (tertiary/aromatic N) is 1. The van der Waals surface area contributed by atoms with E-state index in [2.05, 4.69) is 15.6 Å². The van der Waals surface area contributed by atoms with Crippen LogP contribution in [0, 0.1) is 5.82 Å². The van der Waals surface area contributed by atoms with E-state index in [9.17, 15) is 9.18 Å². The summed E-state index contributed by atoms with van der Waals surface area (Å²) in [6.45, 7) is 7.37. The predicted molar refractivity (Wildman–Crippen MR) is 103 cm³/mol. The van der Waals surface area contributed by atoms with E-state index in [0.29, 0.717) is 22.8 Å².